The summed E-state index contributed by atoms with van der Waals surface area (Å²) in [6.45, 7) is -0.148. The van der Waals surface area contributed by atoms with Crippen molar-refractivity contribution in [3.8, 4) is 0 Å². The first-order valence-electron chi connectivity index (χ1n) is 8.09. The van der Waals surface area contributed by atoms with Crippen LogP contribution in [0.4, 0.5) is 10.1 Å². The Morgan fingerprint density at radius 3 is 2.48 bits per heavy atom. The molecule has 1 aromatic heterocycles. The third-order valence-corrected chi connectivity index (χ3v) is 6.42. The number of halogens is 1. The maximum absolute atomic E-state index is 13.7. The van der Waals surface area contributed by atoms with Gasteiger partial charge in [0.2, 0.25) is 5.91 Å². The van der Waals surface area contributed by atoms with E-state index < -0.39 is 28.3 Å². The number of carbonyl (C=O) groups excluding carboxylic acids is 1. The normalized spacial score (nSPS) is 11.1. The van der Waals surface area contributed by atoms with Crippen LogP contribution < -0.4 is 9.62 Å². The number of thiophene rings is 1. The highest BCUT2D eigenvalue weighted by Crippen LogP contribution is 2.24. The fourth-order valence-electron chi connectivity index (χ4n) is 2.45. The van der Waals surface area contributed by atoms with E-state index in [0.29, 0.717) is 6.54 Å². The summed E-state index contributed by atoms with van der Waals surface area (Å²) >= 11 is 1.49. The van der Waals surface area contributed by atoms with Gasteiger partial charge in [-0.1, -0.05) is 30.3 Å². The number of benzene rings is 2. The highest BCUT2D eigenvalue weighted by molar-refractivity contribution is 7.92. The van der Waals surface area contributed by atoms with E-state index in [2.05, 4.69) is 5.32 Å². The van der Waals surface area contributed by atoms with Crippen LogP contribution >= 0.6 is 11.3 Å². The van der Waals surface area contributed by atoms with Crippen molar-refractivity contribution in [2.24, 2.45) is 0 Å². The van der Waals surface area contributed by atoms with Crippen molar-refractivity contribution in [1.29, 1.82) is 0 Å². The Labute approximate surface area is 161 Å². The summed E-state index contributed by atoms with van der Waals surface area (Å²) in [5.41, 5.74) is 0.0881. The lowest BCUT2D eigenvalue weighted by Gasteiger charge is -2.24. The number of nitrogens with zero attached hydrogens (tertiary/aromatic N) is 1. The Kier molecular flexibility index (Phi) is 5.88. The van der Waals surface area contributed by atoms with Crippen molar-refractivity contribution < 1.29 is 17.6 Å². The van der Waals surface area contributed by atoms with E-state index in [1.165, 1.54) is 41.7 Å². The van der Waals surface area contributed by atoms with Gasteiger partial charge in [-0.05, 0) is 41.8 Å². The van der Waals surface area contributed by atoms with Crippen LogP contribution in [0.1, 0.15) is 4.88 Å². The first-order valence-corrected chi connectivity index (χ1v) is 10.4. The molecule has 3 aromatic rings. The number of hydrogen-bond acceptors (Lipinski definition) is 4. The van der Waals surface area contributed by atoms with Crippen LogP contribution in [-0.2, 0) is 21.4 Å². The van der Waals surface area contributed by atoms with Gasteiger partial charge in [0, 0.05) is 4.88 Å². The first-order chi connectivity index (χ1) is 13.0. The number of carbonyl (C=O) groups is 1. The summed E-state index contributed by atoms with van der Waals surface area (Å²) in [7, 11) is -4.03. The van der Waals surface area contributed by atoms with Gasteiger partial charge in [-0.3, -0.25) is 9.10 Å². The van der Waals surface area contributed by atoms with Gasteiger partial charge in [0.15, 0.2) is 0 Å². The first kappa shape index (κ1) is 19.1. The van der Waals surface area contributed by atoms with Crippen molar-refractivity contribution in [3.63, 3.8) is 0 Å². The van der Waals surface area contributed by atoms with Gasteiger partial charge < -0.3 is 5.32 Å². The largest absolute Gasteiger partial charge is 0.350 e. The third-order valence-electron chi connectivity index (χ3n) is 3.75. The molecule has 27 heavy (non-hydrogen) atoms. The minimum absolute atomic E-state index is 0.0281. The number of anilines is 1. The molecule has 1 amide bonds. The summed E-state index contributed by atoms with van der Waals surface area (Å²) in [4.78, 5) is 13.4. The van der Waals surface area contributed by atoms with E-state index in [1.54, 1.807) is 18.2 Å². The van der Waals surface area contributed by atoms with E-state index >= 15 is 0 Å². The second kappa shape index (κ2) is 8.32. The van der Waals surface area contributed by atoms with Crippen LogP contribution in [0.2, 0.25) is 0 Å². The topological polar surface area (TPSA) is 66.5 Å². The van der Waals surface area contributed by atoms with Crippen molar-refractivity contribution in [2.75, 3.05) is 10.8 Å². The van der Waals surface area contributed by atoms with Gasteiger partial charge in [-0.15, -0.1) is 11.3 Å². The molecule has 0 aliphatic carbocycles. The predicted molar refractivity (Wildman–Crippen MR) is 104 cm³/mol. The number of amides is 1. The lowest BCUT2D eigenvalue weighted by atomic mass is 10.3. The molecule has 1 N–H and O–H groups in total. The average Bonchev–Trinajstić information content (AvgIpc) is 3.18. The Balaban J connectivity index is 1.87. The molecule has 3 rings (SSSR count). The molecule has 140 valence electrons. The molecule has 0 bridgehead atoms. The van der Waals surface area contributed by atoms with Gasteiger partial charge in [0.1, 0.15) is 12.4 Å². The smallest absolute Gasteiger partial charge is 0.264 e. The molecule has 0 fully saturated rings. The Morgan fingerprint density at radius 2 is 1.81 bits per heavy atom. The monoisotopic (exact) mass is 404 g/mol. The summed E-state index contributed by atoms with van der Waals surface area (Å²) < 4.78 is 40.7. The van der Waals surface area contributed by atoms with Crippen molar-refractivity contribution in [3.05, 3.63) is 82.8 Å². The van der Waals surface area contributed by atoms with Crippen LogP contribution in [0.25, 0.3) is 0 Å². The van der Waals surface area contributed by atoms with E-state index in [-0.39, 0.29) is 10.6 Å². The zero-order valence-corrected chi connectivity index (χ0v) is 15.8. The van der Waals surface area contributed by atoms with Crippen LogP contribution in [0, 0.1) is 5.82 Å². The maximum Gasteiger partial charge on any atom is 0.264 e. The molecule has 0 unspecified atom stereocenters. The zero-order chi connectivity index (χ0) is 19.3. The molecule has 1 heterocycles. The van der Waals surface area contributed by atoms with Gasteiger partial charge in [0.25, 0.3) is 10.0 Å². The van der Waals surface area contributed by atoms with E-state index in [0.717, 1.165) is 15.2 Å². The van der Waals surface area contributed by atoms with Gasteiger partial charge >= 0.3 is 0 Å². The molecule has 0 spiro atoms. The molecule has 0 aliphatic heterocycles. The number of nitrogens with one attached hydrogen (secondary N) is 1. The third kappa shape index (κ3) is 4.72. The van der Waals surface area contributed by atoms with Gasteiger partial charge in [-0.2, -0.15) is 0 Å². The van der Waals surface area contributed by atoms with Crippen molar-refractivity contribution in [1.82, 2.24) is 5.32 Å². The van der Waals surface area contributed by atoms with Crippen molar-refractivity contribution >= 4 is 33.0 Å². The molecule has 0 atom stereocenters. The zero-order valence-electron chi connectivity index (χ0n) is 14.2. The average molecular weight is 404 g/mol. The van der Waals surface area contributed by atoms with Gasteiger partial charge in [-0.25, -0.2) is 12.8 Å². The SMILES string of the molecule is O=C(CN(c1cccc(F)c1)S(=O)(=O)c1ccccc1)NCc1cccs1. The summed E-state index contributed by atoms with van der Waals surface area (Å²) in [6.07, 6.45) is 0. The highest BCUT2D eigenvalue weighted by Gasteiger charge is 2.27. The van der Waals surface area contributed by atoms with E-state index in [9.17, 15) is 17.6 Å². The Morgan fingerprint density at radius 1 is 1.04 bits per heavy atom. The molecule has 2 aromatic carbocycles. The second-order valence-electron chi connectivity index (χ2n) is 5.66. The Bertz CT molecular complexity index is 1010. The fraction of sp³-hybridized carbons (Fsp3) is 0.105. The summed E-state index contributed by atoms with van der Waals surface area (Å²) in [6, 6.07) is 16.6. The lowest BCUT2D eigenvalue weighted by Crippen LogP contribution is -2.40. The van der Waals surface area contributed by atoms with Gasteiger partial charge in [0.05, 0.1) is 17.1 Å². The molecule has 0 aliphatic rings. The summed E-state index contributed by atoms with van der Waals surface area (Å²) in [5, 5.41) is 4.58. The van der Waals surface area contributed by atoms with Crippen LogP contribution in [0.15, 0.2) is 77.0 Å². The van der Waals surface area contributed by atoms with E-state index in [4.69, 9.17) is 0 Å². The summed E-state index contributed by atoms with van der Waals surface area (Å²) in [5.74, 6) is -1.06. The Hall–Kier alpha value is -2.71. The standard InChI is InChI=1S/C19H17FN2O3S2/c20-15-6-4-7-16(12-15)22(27(24,25)18-9-2-1-3-10-18)14-19(23)21-13-17-8-5-11-26-17/h1-12H,13-14H2,(H,21,23). The van der Waals surface area contributed by atoms with Crippen molar-refractivity contribution in [2.45, 2.75) is 11.4 Å². The highest BCUT2D eigenvalue weighted by atomic mass is 32.2. The fourth-order valence-corrected chi connectivity index (χ4v) is 4.53. The van der Waals surface area contributed by atoms with Crippen LogP contribution in [-0.4, -0.2) is 20.9 Å². The predicted octanol–water partition coefficient (Wildman–Crippen LogP) is 3.40. The minimum Gasteiger partial charge on any atom is -0.350 e. The molecular formula is C19H17FN2O3S2. The quantitative estimate of drug-likeness (QED) is 0.656. The molecule has 8 heteroatoms. The molecule has 0 radical (unpaired) electrons. The minimum atomic E-state index is -4.03. The number of rotatable bonds is 7. The van der Waals surface area contributed by atoms with Crippen LogP contribution in [0.5, 0.6) is 0 Å². The molecular weight excluding hydrogens is 387 g/mol. The lowest BCUT2D eigenvalue weighted by molar-refractivity contribution is -0.119. The molecule has 0 saturated carbocycles. The second-order valence-corrected chi connectivity index (χ2v) is 8.56. The molecule has 0 saturated heterocycles. The number of sulfonamides is 1. The van der Waals surface area contributed by atoms with E-state index in [1.807, 2.05) is 17.5 Å². The number of hydrogen-bond donors (Lipinski definition) is 1. The van der Waals surface area contributed by atoms with Crippen LogP contribution in [0.3, 0.4) is 0 Å². The maximum atomic E-state index is 13.7. The molecule has 5 nitrogen and oxygen atoms in total.